The van der Waals surface area contributed by atoms with Crippen LogP contribution in [0.15, 0.2) is 12.4 Å². The molecule has 2 rings (SSSR count). The molecule has 1 aromatic heterocycles. The van der Waals surface area contributed by atoms with Gasteiger partial charge in [0.1, 0.15) is 11.6 Å². The largest absolute Gasteiger partial charge is 0.382 e. The predicted octanol–water partition coefficient (Wildman–Crippen LogP) is 0.589. The number of nitrogens with zero attached hydrogens (tertiary/aromatic N) is 4. The molecule has 1 fully saturated rings. The summed E-state index contributed by atoms with van der Waals surface area (Å²) >= 11 is 0. The molecule has 0 bridgehead atoms. The molecule has 2 heterocycles. The van der Waals surface area contributed by atoms with Gasteiger partial charge in [-0.2, -0.15) is 0 Å². The minimum Gasteiger partial charge on any atom is -0.382 e. The van der Waals surface area contributed by atoms with Gasteiger partial charge in [0.2, 0.25) is 0 Å². The molecule has 2 N–H and O–H groups in total. The first-order chi connectivity index (χ1) is 7.66. The molecule has 88 valence electrons. The van der Waals surface area contributed by atoms with Crippen LogP contribution in [-0.2, 0) is 0 Å². The van der Waals surface area contributed by atoms with Crippen molar-refractivity contribution in [1.82, 2.24) is 14.9 Å². The molecule has 0 saturated carbocycles. The Morgan fingerprint density at radius 2 is 2.31 bits per heavy atom. The molecule has 0 aromatic carbocycles. The second kappa shape index (κ2) is 4.65. The number of aromatic nitrogens is 2. The molecule has 16 heavy (non-hydrogen) atoms. The first kappa shape index (κ1) is 11.1. The molecular formula is C11H19N5. The Labute approximate surface area is 96.3 Å². The molecule has 0 aliphatic carbocycles. The molecule has 1 saturated heterocycles. The lowest BCUT2D eigenvalue weighted by atomic mass is 10.2. The molecular weight excluding hydrogens is 202 g/mol. The van der Waals surface area contributed by atoms with E-state index in [2.05, 4.69) is 26.8 Å². The average molecular weight is 221 g/mol. The number of hydrogen-bond donors (Lipinski definition) is 1. The summed E-state index contributed by atoms with van der Waals surface area (Å²) in [6.45, 7) is 2.20. The highest BCUT2D eigenvalue weighted by Gasteiger charge is 2.22. The van der Waals surface area contributed by atoms with Crippen LogP contribution in [0.2, 0.25) is 0 Å². The number of rotatable bonds is 3. The Balaban J connectivity index is 1.97. The summed E-state index contributed by atoms with van der Waals surface area (Å²) in [5.41, 5.74) is 5.51. The van der Waals surface area contributed by atoms with Gasteiger partial charge < -0.3 is 15.5 Å². The fourth-order valence-corrected chi connectivity index (χ4v) is 2.15. The minimum absolute atomic E-state index is 0.468. The molecule has 5 heteroatoms. The Morgan fingerprint density at radius 3 is 2.88 bits per heavy atom. The third kappa shape index (κ3) is 2.41. The van der Waals surface area contributed by atoms with Gasteiger partial charge >= 0.3 is 0 Å². The van der Waals surface area contributed by atoms with Gasteiger partial charge in [-0.3, -0.25) is 0 Å². The van der Waals surface area contributed by atoms with E-state index < -0.39 is 0 Å². The second-order valence-electron chi connectivity index (χ2n) is 4.46. The Kier molecular flexibility index (Phi) is 3.24. The van der Waals surface area contributed by atoms with E-state index in [-0.39, 0.29) is 0 Å². The highest BCUT2D eigenvalue weighted by molar-refractivity contribution is 5.38. The van der Waals surface area contributed by atoms with Crippen molar-refractivity contribution >= 4 is 11.6 Å². The minimum atomic E-state index is 0.468. The lowest BCUT2D eigenvalue weighted by Gasteiger charge is -2.26. The van der Waals surface area contributed by atoms with Crippen LogP contribution in [0.1, 0.15) is 12.8 Å². The Hall–Kier alpha value is -1.36. The third-order valence-corrected chi connectivity index (χ3v) is 3.21. The molecule has 0 amide bonds. The zero-order valence-corrected chi connectivity index (χ0v) is 9.93. The maximum absolute atomic E-state index is 5.51. The zero-order valence-electron chi connectivity index (χ0n) is 9.93. The SMILES string of the molecule is CN(CC1CCCN1C)c1cnc(N)cn1. The Morgan fingerprint density at radius 1 is 1.50 bits per heavy atom. The second-order valence-corrected chi connectivity index (χ2v) is 4.46. The number of likely N-dealkylation sites (N-methyl/N-ethyl adjacent to an activating group) is 2. The molecule has 1 atom stereocenters. The van der Waals surface area contributed by atoms with E-state index in [9.17, 15) is 0 Å². The van der Waals surface area contributed by atoms with Crippen molar-refractivity contribution < 1.29 is 0 Å². The van der Waals surface area contributed by atoms with Gasteiger partial charge in [0.05, 0.1) is 12.4 Å². The van der Waals surface area contributed by atoms with Crippen molar-refractivity contribution in [3.63, 3.8) is 0 Å². The molecule has 5 nitrogen and oxygen atoms in total. The fourth-order valence-electron chi connectivity index (χ4n) is 2.15. The predicted molar refractivity (Wildman–Crippen MR) is 65.4 cm³/mol. The molecule has 1 unspecified atom stereocenters. The summed E-state index contributed by atoms with van der Waals surface area (Å²) in [5.74, 6) is 1.35. The summed E-state index contributed by atoms with van der Waals surface area (Å²) in [4.78, 5) is 12.9. The van der Waals surface area contributed by atoms with Crippen LogP contribution < -0.4 is 10.6 Å². The van der Waals surface area contributed by atoms with E-state index in [1.165, 1.54) is 19.4 Å². The van der Waals surface area contributed by atoms with Crippen LogP contribution in [0, 0.1) is 0 Å². The van der Waals surface area contributed by atoms with Crippen molar-refractivity contribution in [1.29, 1.82) is 0 Å². The van der Waals surface area contributed by atoms with E-state index in [0.29, 0.717) is 11.9 Å². The molecule has 0 radical (unpaired) electrons. The van der Waals surface area contributed by atoms with E-state index in [4.69, 9.17) is 5.73 Å². The highest BCUT2D eigenvalue weighted by atomic mass is 15.2. The van der Waals surface area contributed by atoms with Gasteiger partial charge in [-0.25, -0.2) is 9.97 Å². The van der Waals surface area contributed by atoms with Crippen molar-refractivity contribution in [2.24, 2.45) is 0 Å². The van der Waals surface area contributed by atoms with Gasteiger partial charge in [-0.1, -0.05) is 0 Å². The Bertz CT molecular complexity index is 337. The summed E-state index contributed by atoms with van der Waals surface area (Å²) < 4.78 is 0. The first-order valence-corrected chi connectivity index (χ1v) is 5.65. The summed E-state index contributed by atoms with van der Waals surface area (Å²) in [7, 11) is 4.23. The van der Waals surface area contributed by atoms with Gasteiger partial charge in [0.25, 0.3) is 0 Å². The van der Waals surface area contributed by atoms with Gasteiger partial charge in [-0.15, -0.1) is 0 Å². The number of likely N-dealkylation sites (tertiary alicyclic amines) is 1. The van der Waals surface area contributed by atoms with E-state index in [1.807, 2.05) is 7.05 Å². The third-order valence-electron chi connectivity index (χ3n) is 3.21. The quantitative estimate of drug-likeness (QED) is 0.809. The highest BCUT2D eigenvalue weighted by Crippen LogP contribution is 2.17. The maximum atomic E-state index is 5.51. The van der Waals surface area contributed by atoms with Crippen LogP contribution in [0.25, 0.3) is 0 Å². The van der Waals surface area contributed by atoms with Crippen molar-refractivity contribution in [3.8, 4) is 0 Å². The van der Waals surface area contributed by atoms with Crippen LogP contribution >= 0.6 is 0 Å². The van der Waals surface area contributed by atoms with E-state index in [1.54, 1.807) is 12.4 Å². The van der Waals surface area contributed by atoms with E-state index >= 15 is 0 Å². The summed E-state index contributed by atoms with van der Waals surface area (Å²) in [5, 5.41) is 0. The number of anilines is 2. The average Bonchev–Trinajstić information content (AvgIpc) is 2.65. The summed E-state index contributed by atoms with van der Waals surface area (Å²) in [6, 6.07) is 0.629. The first-order valence-electron chi connectivity index (χ1n) is 5.65. The molecule has 1 aliphatic heterocycles. The lowest BCUT2D eigenvalue weighted by Crippen LogP contribution is -2.37. The topological polar surface area (TPSA) is 58.3 Å². The van der Waals surface area contributed by atoms with Crippen LogP contribution in [-0.4, -0.2) is 48.1 Å². The van der Waals surface area contributed by atoms with Gasteiger partial charge in [0.15, 0.2) is 0 Å². The van der Waals surface area contributed by atoms with Gasteiger partial charge in [0, 0.05) is 19.6 Å². The standard InChI is InChI=1S/C11H19N5/c1-15-5-3-4-9(15)8-16(2)11-7-13-10(12)6-14-11/h6-7,9H,3-5,8H2,1-2H3,(H2,12,13). The van der Waals surface area contributed by atoms with Gasteiger partial charge in [-0.05, 0) is 26.4 Å². The van der Waals surface area contributed by atoms with Crippen LogP contribution in [0.4, 0.5) is 11.6 Å². The molecule has 1 aromatic rings. The van der Waals surface area contributed by atoms with Crippen molar-refractivity contribution in [2.45, 2.75) is 18.9 Å². The fraction of sp³-hybridized carbons (Fsp3) is 0.636. The number of nitrogen functional groups attached to an aromatic ring is 1. The number of nitrogens with two attached hydrogens (primary N) is 1. The monoisotopic (exact) mass is 221 g/mol. The van der Waals surface area contributed by atoms with Crippen LogP contribution in [0.3, 0.4) is 0 Å². The smallest absolute Gasteiger partial charge is 0.147 e. The van der Waals surface area contributed by atoms with Crippen LogP contribution in [0.5, 0.6) is 0 Å². The van der Waals surface area contributed by atoms with E-state index in [0.717, 1.165) is 12.4 Å². The summed E-state index contributed by atoms with van der Waals surface area (Å²) in [6.07, 6.45) is 5.89. The normalized spacial score (nSPS) is 21.2. The number of hydrogen-bond acceptors (Lipinski definition) is 5. The molecule has 0 spiro atoms. The molecule has 1 aliphatic rings. The maximum Gasteiger partial charge on any atom is 0.147 e. The van der Waals surface area contributed by atoms with Crippen molar-refractivity contribution in [3.05, 3.63) is 12.4 Å². The zero-order chi connectivity index (χ0) is 11.5. The van der Waals surface area contributed by atoms with Crippen molar-refractivity contribution in [2.75, 3.05) is 37.8 Å². The lowest BCUT2D eigenvalue weighted by molar-refractivity contribution is 0.314.